The van der Waals surface area contributed by atoms with Gasteiger partial charge in [0.2, 0.25) is 0 Å². The van der Waals surface area contributed by atoms with Crippen molar-refractivity contribution in [3.05, 3.63) is 41.0 Å². The molecule has 0 fully saturated rings. The molecule has 0 amide bonds. The van der Waals surface area contributed by atoms with Crippen LogP contribution in [0.3, 0.4) is 0 Å². The molecule has 25 heavy (non-hydrogen) atoms. The highest BCUT2D eigenvalue weighted by Gasteiger charge is 2.20. The number of rotatable bonds is 5. The molecule has 0 saturated carbocycles. The first-order valence-corrected chi connectivity index (χ1v) is 8.49. The molecule has 1 aliphatic rings. The normalized spacial score (nSPS) is 14.6. The second-order valence-corrected chi connectivity index (χ2v) is 6.16. The van der Waals surface area contributed by atoms with Gasteiger partial charge < -0.3 is 20.9 Å². The summed E-state index contributed by atoms with van der Waals surface area (Å²) >= 11 is 0. The van der Waals surface area contributed by atoms with Gasteiger partial charge in [-0.3, -0.25) is 5.10 Å². The molecule has 0 bridgehead atoms. The summed E-state index contributed by atoms with van der Waals surface area (Å²) in [7, 11) is 0. The number of nitrogens with two attached hydrogens (primary N) is 1. The number of H-pyrrole nitrogens is 1. The van der Waals surface area contributed by atoms with E-state index >= 15 is 0 Å². The summed E-state index contributed by atoms with van der Waals surface area (Å²) in [6.45, 7) is 2.22. The molecule has 0 spiro atoms. The molecular formula is C18H21N5O2. The number of aliphatic hydroxyl groups is 1. The number of pyridine rings is 1. The van der Waals surface area contributed by atoms with Crippen molar-refractivity contribution in [2.24, 2.45) is 0 Å². The predicted molar refractivity (Wildman–Crippen MR) is 96.6 cm³/mol. The maximum atomic E-state index is 10.4. The summed E-state index contributed by atoms with van der Waals surface area (Å²) in [4.78, 5) is 4.55. The molecule has 1 atom stereocenters. The van der Waals surface area contributed by atoms with E-state index in [0.29, 0.717) is 34.8 Å². The summed E-state index contributed by atoms with van der Waals surface area (Å²) < 4.78 is 5.37. The summed E-state index contributed by atoms with van der Waals surface area (Å²) in [5.41, 5.74) is 10.6. The highest BCUT2D eigenvalue weighted by Crippen LogP contribution is 2.34. The van der Waals surface area contributed by atoms with Gasteiger partial charge in [0.15, 0.2) is 11.9 Å². The Morgan fingerprint density at radius 2 is 2.28 bits per heavy atom. The van der Waals surface area contributed by atoms with Crippen LogP contribution in [0.5, 0.6) is 0 Å². The van der Waals surface area contributed by atoms with Crippen molar-refractivity contribution in [2.45, 2.75) is 32.5 Å². The number of anilines is 3. The Balaban J connectivity index is 1.80. The van der Waals surface area contributed by atoms with Gasteiger partial charge in [-0.05, 0) is 49.4 Å². The summed E-state index contributed by atoms with van der Waals surface area (Å²) in [5.74, 6) is 0.944. The van der Waals surface area contributed by atoms with E-state index < -0.39 is 6.29 Å². The van der Waals surface area contributed by atoms with Crippen molar-refractivity contribution >= 4 is 28.4 Å². The number of aliphatic hydroxyl groups excluding tert-OH is 1. The van der Waals surface area contributed by atoms with Crippen molar-refractivity contribution in [1.29, 1.82) is 0 Å². The van der Waals surface area contributed by atoms with E-state index in [2.05, 4.69) is 26.6 Å². The molecule has 130 valence electrons. The number of aromatic nitrogens is 3. The number of nitrogen functional groups attached to an aromatic ring is 1. The molecule has 7 heteroatoms. The van der Waals surface area contributed by atoms with Crippen molar-refractivity contribution < 1.29 is 9.84 Å². The topological polar surface area (TPSA) is 109 Å². The SMILES string of the molecule is CCOC(O)c1cc2c(N)[nH]nc2nc1Nc1cccc2c1CCC2. The Hall–Kier alpha value is -2.64. The van der Waals surface area contributed by atoms with E-state index in [-0.39, 0.29) is 0 Å². The number of benzene rings is 1. The van der Waals surface area contributed by atoms with E-state index in [4.69, 9.17) is 10.5 Å². The predicted octanol–water partition coefficient (Wildman–Crippen LogP) is 2.80. The lowest BCUT2D eigenvalue weighted by Gasteiger charge is -2.17. The number of hydrogen-bond donors (Lipinski definition) is 4. The van der Waals surface area contributed by atoms with Crippen LogP contribution in [0.4, 0.5) is 17.3 Å². The van der Waals surface area contributed by atoms with E-state index in [1.54, 1.807) is 6.07 Å². The fourth-order valence-electron chi connectivity index (χ4n) is 3.38. The highest BCUT2D eigenvalue weighted by molar-refractivity contribution is 5.88. The highest BCUT2D eigenvalue weighted by atomic mass is 16.6. The van der Waals surface area contributed by atoms with Crippen molar-refractivity contribution in [1.82, 2.24) is 15.2 Å². The molecule has 2 heterocycles. The van der Waals surface area contributed by atoms with Crippen LogP contribution in [0.25, 0.3) is 11.0 Å². The van der Waals surface area contributed by atoms with Crippen molar-refractivity contribution in [3.8, 4) is 0 Å². The largest absolute Gasteiger partial charge is 0.384 e. The van der Waals surface area contributed by atoms with Gasteiger partial charge in [0.05, 0.1) is 10.9 Å². The molecule has 7 nitrogen and oxygen atoms in total. The summed E-state index contributed by atoms with van der Waals surface area (Å²) in [6, 6.07) is 8.00. The van der Waals surface area contributed by atoms with Gasteiger partial charge in [-0.15, -0.1) is 0 Å². The molecule has 1 unspecified atom stereocenters. The molecule has 4 rings (SSSR count). The molecule has 2 aromatic heterocycles. The number of hydrogen-bond acceptors (Lipinski definition) is 6. The lowest BCUT2D eigenvalue weighted by Crippen LogP contribution is -2.09. The maximum Gasteiger partial charge on any atom is 0.185 e. The van der Waals surface area contributed by atoms with E-state index in [1.165, 1.54) is 11.1 Å². The fourth-order valence-corrected chi connectivity index (χ4v) is 3.38. The number of aryl methyl sites for hydroxylation is 1. The standard InChI is InChI=1S/C18H21N5O2/c1-2-25-18(24)13-9-12-15(19)22-23-17(12)21-16(13)20-14-8-4-6-10-5-3-7-11(10)14/h4,6,8-9,18,24H,2-3,5,7H2,1H3,(H4,19,20,21,22,23). The second kappa shape index (κ2) is 6.34. The monoisotopic (exact) mass is 339 g/mol. The zero-order valence-corrected chi connectivity index (χ0v) is 14.0. The second-order valence-electron chi connectivity index (χ2n) is 6.16. The third kappa shape index (κ3) is 2.81. The average Bonchev–Trinajstić information content (AvgIpc) is 3.22. The summed E-state index contributed by atoms with van der Waals surface area (Å²) in [5, 5.41) is 21.3. The lowest BCUT2D eigenvalue weighted by molar-refractivity contribution is -0.0975. The Bertz CT molecular complexity index is 921. The summed E-state index contributed by atoms with van der Waals surface area (Å²) in [6.07, 6.45) is 2.21. The van der Waals surface area contributed by atoms with E-state index in [1.807, 2.05) is 19.1 Å². The number of nitrogens with zero attached hydrogens (tertiary/aromatic N) is 2. The van der Waals surface area contributed by atoms with Gasteiger partial charge in [0, 0.05) is 12.3 Å². The Labute approximate surface area is 145 Å². The van der Waals surface area contributed by atoms with Crippen LogP contribution in [0.1, 0.15) is 36.3 Å². The number of nitrogens with one attached hydrogen (secondary N) is 2. The molecule has 0 aliphatic heterocycles. The Kier molecular flexibility index (Phi) is 4.03. The van der Waals surface area contributed by atoms with Crippen molar-refractivity contribution in [2.75, 3.05) is 17.7 Å². The molecule has 1 aliphatic carbocycles. The van der Waals surface area contributed by atoms with Crippen LogP contribution in [0.15, 0.2) is 24.3 Å². The fraction of sp³-hybridized carbons (Fsp3) is 0.333. The lowest BCUT2D eigenvalue weighted by atomic mass is 10.1. The molecule has 0 radical (unpaired) electrons. The number of fused-ring (bicyclic) bond motifs is 2. The Morgan fingerprint density at radius 1 is 1.40 bits per heavy atom. The minimum Gasteiger partial charge on any atom is -0.384 e. The maximum absolute atomic E-state index is 10.4. The van der Waals surface area contributed by atoms with Crippen LogP contribution in [-0.4, -0.2) is 26.9 Å². The van der Waals surface area contributed by atoms with Gasteiger partial charge in [0.1, 0.15) is 11.6 Å². The van der Waals surface area contributed by atoms with Gasteiger partial charge in [-0.25, -0.2) is 4.98 Å². The Morgan fingerprint density at radius 3 is 3.12 bits per heavy atom. The first-order chi connectivity index (χ1) is 12.2. The first-order valence-electron chi connectivity index (χ1n) is 8.49. The quantitative estimate of drug-likeness (QED) is 0.532. The van der Waals surface area contributed by atoms with Crippen LogP contribution in [0.2, 0.25) is 0 Å². The smallest absolute Gasteiger partial charge is 0.185 e. The molecule has 0 saturated heterocycles. The molecule has 3 aromatic rings. The third-order valence-electron chi connectivity index (χ3n) is 4.59. The third-order valence-corrected chi connectivity index (χ3v) is 4.59. The zero-order valence-electron chi connectivity index (χ0n) is 14.0. The van der Waals surface area contributed by atoms with Gasteiger partial charge in [-0.2, -0.15) is 5.10 Å². The van der Waals surface area contributed by atoms with Gasteiger partial charge in [-0.1, -0.05) is 12.1 Å². The van der Waals surface area contributed by atoms with Crippen LogP contribution < -0.4 is 11.1 Å². The minimum atomic E-state index is -1.09. The number of aromatic amines is 1. The molecule has 5 N–H and O–H groups in total. The average molecular weight is 339 g/mol. The van der Waals surface area contributed by atoms with Gasteiger partial charge in [0.25, 0.3) is 0 Å². The zero-order chi connectivity index (χ0) is 17.4. The number of ether oxygens (including phenoxy) is 1. The minimum absolute atomic E-state index is 0.389. The van der Waals surface area contributed by atoms with Crippen LogP contribution >= 0.6 is 0 Å². The van der Waals surface area contributed by atoms with Gasteiger partial charge >= 0.3 is 0 Å². The van der Waals surface area contributed by atoms with E-state index in [9.17, 15) is 5.11 Å². The molecular weight excluding hydrogens is 318 g/mol. The van der Waals surface area contributed by atoms with E-state index in [0.717, 1.165) is 24.9 Å². The molecule has 1 aromatic carbocycles. The van der Waals surface area contributed by atoms with Crippen molar-refractivity contribution in [3.63, 3.8) is 0 Å². The van der Waals surface area contributed by atoms with Crippen LogP contribution in [-0.2, 0) is 17.6 Å². The first kappa shape index (κ1) is 15.9. The van der Waals surface area contributed by atoms with Crippen LogP contribution in [0, 0.1) is 0 Å².